The van der Waals surface area contributed by atoms with E-state index in [1.165, 1.54) is 24.3 Å². The Morgan fingerprint density at radius 3 is 2.90 bits per heavy atom. The van der Waals surface area contributed by atoms with Crippen LogP contribution in [0.1, 0.15) is 26.2 Å². The van der Waals surface area contributed by atoms with Gasteiger partial charge in [0.2, 0.25) is 0 Å². The summed E-state index contributed by atoms with van der Waals surface area (Å²) in [6.07, 6.45) is 9.86. The zero-order valence-corrected chi connectivity index (χ0v) is 6.51. The summed E-state index contributed by atoms with van der Waals surface area (Å²) >= 11 is 0. The number of nitrogens with zero attached hydrogens (tertiary/aromatic N) is 1. The van der Waals surface area contributed by atoms with Gasteiger partial charge in [0, 0.05) is 6.08 Å². The van der Waals surface area contributed by atoms with E-state index >= 15 is 0 Å². The Morgan fingerprint density at radius 1 is 1.40 bits per heavy atom. The highest BCUT2D eigenvalue weighted by molar-refractivity contribution is 5.70. The van der Waals surface area contributed by atoms with E-state index < -0.39 is 0 Å². The van der Waals surface area contributed by atoms with Crippen molar-refractivity contribution >= 4 is 6.21 Å². The van der Waals surface area contributed by atoms with Crippen LogP contribution < -0.4 is 5.01 Å². The summed E-state index contributed by atoms with van der Waals surface area (Å²) in [6.45, 7) is 3.37. The van der Waals surface area contributed by atoms with Crippen molar-refractivity contribution < 1.29 is 5.01 Å². The Balaban J connectivity index is 2.03. The van der Waals surface area contributed by atoms with Crippen molar-refractivity contribution in [3.8, 4) is 0 Å². The lowest BCUT2D eigenvalue weighted by Crippen LogP contribution is -3.01. The van der Waals surface area contributed by atoms with Gasteiger partial charge >= 0.3 is 0 Å². The number of hydrogen-bond donors (Lipinski definition) is 1. The van der Waals surface area contributed by atoms with Crippen molar-refractivity contribution in [1.82, 2.24) is 0 Å². The molecule has 0 radical (unpaired) electrons. The normalized spacial score (nSPS) is 22.3. The minimum absolute atomic E-state index is 1.15. The lowest BCUT2D eigenvalue weighted by molar-refractivity contribution is -0.851. The minimum atomic E-state index is 1.15. The molecule has 0 aromatic rings. The molecule has 0 aromatic carbocycles. The highest BCUT2D eigenvalue weighted by Crippen LogP contribution is 1.89. The SMILES string of the molecule is CCCCC[NH+]1C=CC=N1. The highest BCUT2D eigenvalue weighted by atomic mass is 15.4. The maximum absolute atomic E-state index is 4.19. The first kappa shape index (κ1) is 7.48. The molecule has 2 heteroatoms. The van der Waals surface area contributed by atoms with E-state index in [-0.39, 0.29) is 0 Å². The fourth-order valence-corrected chi connectivity index (χ4v) is 1.04. The standard InChI is InChI=1S/C8H14N2/c1-2-3-4-7-10-8-5-6-9-10/h5-6,8H,2-4,7H2,1H3/p+1. The zero-order valence-electron chi connectivity index (χ0n) is 6.51. The summed E-state index contributed by atoms with van der Waals surface area (Å²) in [5.74, 6) is 0. The number of nitrogens with one attached hydrogen (secondary N) is 1. The quantitative estimate of drug-likeness (QED) is 0.549. The van der Waals surface area contributed by atoms with Gasteiger partial charge in [-0.1, -0.05) is 18.4 Å². The summed E-state index contributed by atoms with van der Waals surface area (Å²) < 4.78 is 0. The fraction of sp³-hybridized carbons (Fsp3) is 0.625. The molecule has 0 saturated heterocycles. The molecule has 56 valence electrons. The predicted octanol–water partition coefficient (Wildman–Crippen LogP) is 0.575. The number of hydrogen-bond acceptors (Lipinski definition) is 1. The van der Waals surface area contributed by atoms with Gasteiger partial charge in [0.15, 0.2) is 0 Å². The molecule has 0 saturated carbocycles. The van der Waals surface area contributed by atoms with Crippen LogP contribution in [-0.4, -0.2) is 12.8 Å². The topological polar surface area (TPSA) is 16.8 Å². The Kier molecular flexibility index (Phi) is 3.16. The van der Waals surface area contributed by atoms with Gasteiger partial charge in [-0.25, -0.2) is 0 Å². The molecule has 1 unspecified atom stereocenters. The van der Waals surface area contributed by atoms with Crippen LogP contribution in [0, 0.1) is 0 Å². The maximum atomic E-state index is 4.19. The molecule has 10 heavy (non-hydrogen) atoms. The summed E-state index contributed by atoms with van der Waals surface area (Å²) in [6, 6.07) is 0. The molecule has 0 aliphatic carbocycles. The van der Waals surface area contributed by atoms with Crippen LogP contribution in [0.5, 0.6) is 0 Å². The second kappa shape index (κ2) is 4.23. The first-order valence-electron chi connectivity index (χ1n) is 4.00. The molecule has 1 atom stereocenters. The van der Waals surface area contributed by atoms with E-state index in [0.29, 0.717) is 0 Å². The number of quaternary nitrogens is 1. The molecule has 0 aromatic heterocycles. The molecule has 0 fully saturated rings. The van der Waals surface area contributed by atoms with Crippen LogP contribution in [0.4, 0.5) is 0 Å². The van der Waals surface area contributed by atoms with E-state index in [0.717, 1.165) is 6.54 Å². The Labute approximate surface area is 62.2 Å². The monoisotopic (exact) mass is 139 g/mol. The van der Waals surface area contributed by atoms with E-state index in [9.17, 15) is 0 Å². The van der Waals surface area contributed by atoms with Gasteiger partial charge in [-0.15, -0.1) is 0 Å². The summed E-state index contributed by atoms with van der Waals surface area (Å²) in [5, 5.41) is 5.43. The Morgan fingerprint density at radius 2 is 2.30 bits per heavy atom. The van der Waals surface area contributed by atoms with E-state index in [2.05, 4.69) is 18.2 Å². The minimum Gasteiger partial charge on any atom is -0.183 e. The zero-order chi connectivity index (χ0) is 7.23. The van der Waals surface area contributed by atoms with Gasteiger partial charge in [0.1, 0.15) is 12.7 Å². The van der Waals surface area contributed by atoms with Crippen molar-refractivity contribution in [2.45, 2.75) is 26.2 Å². The molecule has 1 heterocycles. The average Bonchev–Trinajstić information content (AvgIpc) is 2.41. The largest absolute Gasteiger partial charge is 0.183 e. The molecule has 1 aliphatic rings. The lowest BCUT2D eigenvalue weighted by Gasteiger charge is -2.02. The third kappa shape index (κ3) is 2.31. The van der Waals surface area contributed by atoms with Crippen molar-refractivity contribution in [2.75, 3.05) is 6.54 Å². The van der Waals surface area contributed by atoms with Crippen LogP contribution in [-0.2, 0) is 0 Å². The number of allylic oxidation sites excluding steroid dienone is 1. The molecular formula is C8H15N2+. The maximum Gasteiger partial charge on any atom is 0.122 e. The third-order valence-corrected chi connectivity index (χ3v) is 1.65. The summed E-state index contributed by atoms with van der Waals surface area (Å²) in [7, 11) is 0. The summed E-state index contributed by atoms with van der Waals surface area (Å²) in [4.78, 5) is 0. The second-order valence-electron chi connectivity index (χ2n) is 2.59. The highest BCUT2D eigenvalue weighted by Gasteiger charge is 2.03. The van der Waals surface area contributed by atoms with Gasteiger partial charge < -0.3 is 0 Å². The molecular weight excluding hydrogens is 124 g/mol. The van der Waals surface area contributed by atoms with Crippen LogP contribution in [0.2, 0.25) is 0 Å². The second-order valence-corrected chi connectivity index (χ2v) is 2.59. The van der Waals surface area contributed by atoms with Gasteiger partial charge in [-0.3, -0.25) is 0 Å². The van der Waals surface area contributed by atoms with Crippen LogP contribution in [0.15, 0.2) is 17.4 Å². The van der Waals surface area contributed by atoms with Gasteiger partial charge in [-0.2, -0.15) is 5.01 Å². The van der Waals surface area contributed by atoms with E-state index in [1.54, 1.807) is 0 Å². The third-order valence-electron chi connectivity index (χ3n) is 1.65. The molecule has 0 spiro atoms. The predicted molar refractivity (Wildman–Crippen MR) is 43.0 cm³/mol. The molecule has 2 nitrogen and oxygen atoms in total. The summed E-state index contributed by atoms with van der Waals surface area (Å²) in [5.41, 5.74) is 0. The van der Waals surface area contributed by atoms with Crippen LogP contribution in [0.3, 0.4) is 0 Å². The van der Waals surface area contributed by atoms with Crippen LogP contribution >= 0.6 is 0 Å². The molecule has 1 aliphatic heterocycles. The van der Waals surface area contributed by atoms with Crippen molar-refractivity contribution in [3.63, 3.8) is 0 Å². The van der Waals surface area contributed by atoms with Crippen LogP contribution in [0.25, 0.3) is 0 Å². The van der Waals surface area contributed by atoms with Crippen molar-refractivity contribution in [3.05, 3.63) is 12.3 Å². The van der Waals surface area contributed by atoms with Gasteiger partial charge in [-0.05, 0) is 12.8 Å². The number of rotatable bonds is 4. The Hall–Kier alpha value is -0.630. The Bertz CT molecular complexity index is 126. The van der Waals surface area contributed by atoms with Gasteiger partial charge in [0.05, 0.1) is 6.21 Å². The first-order chi connectivity index (χ1) is 4.93. The fourth-order valence-electron chi connectivity index (χ4n) is 1.04. The van der Waals surface area contributed by atoms with Gasteiger partial charge in [0.25, 0.3) is 0 Å². The number of unbranched alkanes of at least 4 members (excludes halogenated alkanes) is 2. The van der Waals surface area contributed by atoms with E-state index in [1.807, 2.05) is 12.3 Å². The van der Waals surface area contributed by atoms with E-state index in [4.69, 9.17) is 0 Å². The molecule has 0 bridgehead atoms. The van der Waals surface area contributed by atoms with Crippen molar-refractivity contribution in [2.24, 2.45) is 5.10 Å². The molecule has 1 N–H and O–H groups in total. The molecule has 1 rings (SSSR count). The molecule has 0 amide bonds. The smallest absolute Gasteiger partial charge is 0.122 e. The lowest BCUT2D eigenvalue weighted by atomic mass is 10.2. The average molecular weight is 139 g/mol. The van der Waals surface area contributed by atoms with Crippen molar-refractivity contribution in [1.29, 1.82) is 0 Å². The first-order valence-corrected chi connectivity index (χ1v) is 4.00.